The molecule has 1 rings (SSSR count). The van der Waals surface area contributed by atoms with Gasteiger partial charge in [-0.05, 0) is 30.8 Å². The first-order valence-corrected chi connectivity index (χ1v) is 5.18. The number of hydrogen-bond acceptors (Lipinski definition) is 3. The molecule has 0 aliphatic carbocycles. The Morgan fingerprint density at radius 1 is 1.40 bits per heavy atom. The van der Waals surface area contributed by atoms with E-state index in [0.717, 1.165) is 6.42 Å². The zero-order valence-corrected chi connectivity index (χ0v) is 9.34. The van der Waals surface area contributed by atoms with Crippen LogP contribution in [0.25, 0.3) is 0 Å². The summed E-state index contributed by atoms with van der Waals surface area (Å²) in [6.45, 7) is 2.50. The van der Waals surface area contributed by atoms with Gasteiger partial charge >= 0.3 is 0 Å². The van der Waals surface area contributed by atoms with Crippen LogP contribution in [-0.2, 0) is 4.74 Å². The molecule has 0 aliphatic heterocycles. The van der Waals surface area contributed by atoms with Gasteiger partial charge in [0.15, 0.2) is 0 Å². The maximum atomic E-state index is 11.5. The second-order valence-electron chi connectivity index (χ2n) is 2.96. The first kappa shape index (κ1) is 11.7. The van der Waals surface area contributed by atoms with Gasteiger partial charge in [-0.3, -0.25) is 10.1 Å². The molecule has 0 aliphatic rings. The molecule has 0 bridgehead atoms. The first-order chi connectivity index (χ1) is 7.24. The quantitative estimate of drug-likeness (QED) is 0.798. The van der Waals surface area contributed by atoms with Crippen molar-refractivity contribution >= 4 is 23.3 Å². The molecule has 80 valence electrons. The van der Waals surface area contributed by atoms with Crippen LogP contribution >= 0.6 is 12.2 Å². The summed E-state index contributed by atoms with van der Waals surface area (Å²) in [6, 6.07) is 8.88. The van der Waals surface area contributed by atoms with Gasteiger partial charge in [-0.1, -0.05) is 25.1 Å². The summed E-state index contributed by atoms with van der Waals surface area (Å²) in [5.41, 5.74) is 0.569. The Labute approximate surface area is 94.4 Å². The number of amides is 1. The van der Waals surface area contributed by atoms with Crippen LogP contribution in [0.15, 0.2) is 30.3 Å². The average molecular weight is 223 g/mol. The van der Waals surface area contributed by atoms with E-state index < -0.39 is 0 Å². The van der Waals surface area contributed by atoms with Crippen LogP contribution in [0, 0.1) is 0 Å². The van der Waals surface area contributed by atoms with Crippen molar-refractivity contribution in [1.29, 1.82) is 0 Å². The van der Waals surface area contributed by atoms with E-state index in [1.165, 1.54) is 0 Å². The summed E-state index contributed by atoms with van der Waals surface area (Å²) >= 11 is 4.84. The molecule has 1 amide bonds. The Morgan fingerprint density at radius 3 is 2.67 bits per heavy atom. The van der Waals surface area contributed by atoms with Crippen molar-refractivity contribution in [2.24, 2.45) is 0 Å². The molecule has 3 nitrogen and oxygen atoms in total. The van der Waals surface area contributed by atoms with Gasteiger partial charge in [0.25, 0.3) is 11.1 Å². The molecule has 0 saturated heterocycles. The van der Waals surface area contributed by atoms with E-state index in [2.05, 4.69) is 5.32 Å². The molecule has 1 aromatic carbocycles. The van der Waals surface area contributed by atoms with Gasteiger partial charge in [0.2, 0.25) is 0 Å². The number of benzene rings is 1. The van der Waals surface area contributed by atoms with Crippen molar-refractivity contribution in [1.82, 2.24) is 5.32 Å². The number of carbonyl (C=O) groups excluding carboxylic acids is 1. The molecule has 0 spiro atoms. The van der Waals surface area contributed by atoms with Gasteiger partial charge < -0.3 is 4.74 Å². The zero-order valence-electron chi connectivity index (χ0n) is 8.53. The maximum absolute atomic E-state index is 11.5. The number of hydrogen-bond donors (Lipinski definition) is 1. The molecule has 0 aromatic heterocycles. The average Bonchev–Trinajstić information content (AvgIpc) is 2.27. The fourth-order valence-corrected chi connectivity index (χ4v) is 1.16. The summed E-state index contributed by atoms with van der Waals surface area (Å²) in [7, 11) is 0. The fourth-order valence-electron chi connectivity index (χ4n) is 0.985. The van der Waals surface area contributed by atoms with Crippen molar-refractivity contribution in [3.05, 3.63) is 35.9 Å². The van der Waals surface area contributed by atoms with E-state index in [1.54, 1.807) is 24.3 Å². The van der Waals surface area contributed by atoms with Crippen LogP contribution in [0.3, 0.4) is 0 Å². The fraction of sp³-hybridized carbons (Fsp3) is 0.273. The van der Waals surface area contributed by atoms with Gasteiger partial charge in [0, 0.05) is 5.56 Å². The van der Waals surface area contributed by atoms with E-state index >= 15 is 0 Å². The normalized spacial score (nSPS) is 9.40. The highest BCUT2D eigenvalue weighted by molar-refractivity contribution is 7.80. The monoisotopic (exact) mass is 223 g/mol. The minimum atomic E-state index is -0.239. The van der Waals surface area contributed by atoms with E-state index in [0.29, 0.717) is 12.2 Å². The molecule has 0 atom stereocenters. The lowest BCUT2D eigenvalue weighted by atomic mass is 10.2. The van der Waals surface area contributed by atoms with Crippen LogP contribution < -0.4 is 5.32 Å². The number of rotatable bonds is 3. The van der Waals surface area contributed by atoms with Gasteiger partial charge in [0.05, 0.1) is 6.61 Å². The van der Waals surface area contributed by atoms with Crippen LogP contribution in [0.2, 0.25) is 0 Å². The third-order valence-corrected chi connectivity index (χ3v) is 1.91. The Balaban J connectivity index is 2.46. The van der Waals surface area contributed by atoms with Crippen molar-refractivity contribution < 1.29 is 9.53 Å². The van der Waals surface area contributed by atoms with Crippen LogP contribution in [0.5, 0.6) is 0 Å². The first-order valence-electron chi connectivity index (χ1n) is 4.77. The number of thiocarbonyl (C=S) groups is 1. The van der Waals surface area contributed by atoms with Crippen molar-refractivity contribution in [3.8, 4) is 0 Å². The van der Waals surface area contributed by atoms with Gasteiger partial charge in [-0.15, -0.1) is 0 Å². The van der Waals surface area contributed by atoms with E-state index in [1.807, 2.05) is 13.0 Å². The third-order valence-electron chi connectivity index (χ3n) is 1.69. The minimum absolute atomic E-state index is 0.130. The smallest absolute Gasteiger partial charge is 0.263 e. The van der Waals surface area contributed by atoms with E-state index in [9.17, 15) is 4.79 Å². The molecule has 0 saturated carbocycles. The predicted octanol–water partition coefficient (Wildman–Crippen LogP) is 2.13. The highest BCUT2D eigenvalue weighted by atomic mass is 32.1. The van der Waals surface area contributed by atoms with Gasteiger partial charge in [0.1, 0.15) is 0 Å². The molecule has 15 heavy (non-hydrogen) atoms. The molecule has 0 unspecified atom stereocenters. The Morgan fingerprint density at radius 2 is 2.07 bits per heavy atom. The highest BCUT2D eigenvalue weighted by Gasteiger charge is 2.06. The molecule has 0 radical (unpaired) electrons. The summed E-state index contributed by atoms with van der Waals surface area (Å²) < 4.78 is 5.08. The van der Waals surface area contributed by atoms with E-state index in [-0.39, 0.29) is 11.1 Å². The maximum Gasteiger partial charge on any atom is 0.263 e. The van der Waals surface area contributed by atoms with Crippen molar-refractivity contribution in [2.45, 2.75) is 13.3 Å². The van der Waals surface area contributed by atoms with Crippen LogP contribution in [0.1, 0.15) is 23.7 Å². The second kappa shape index (κ2) is 6.14. The minimum Gasteiger partial charge on any atom is -0.471 e. The lowest BCUT2D eigenvalue weighted by Crippen LogP contribution is -2.30. The Hall–Kier alpha value is -1.42. The molecule has 4 heteroatoms. The van der Waals surface area contributed by atoms with Crippen LogP contribution in [0.4, 0.5) is 0 Å². The SMILES string of the molecule is CCCOC(=S)NC(=O)c1ccccc1. The lowest BCUT2D eigenvalue weighted by molar-refractivity contribution is 0.0967. The topological polar surface area (TPSA) is 38.3 Å². The molecule has 0 fully saturated rings. The number of carbonyl (C=O) groups is 1. The second-order valence-corrected chi connectivity index (χ2v) is 3.33. The van der Waals surface area contributed by atoms with E-state index in [4.69, 9.17) is 17.0 Å². The third kappa shape index (κ3) is 4.08. The standard InChI is InChI=1S/C11H13NO2S/c1-2-8-14-11(15)12-10(13)9-6-4-3-5-7-9/h3-7H,2,8H2,1H3,(H,12,13,15). The Bertz CT molecular complexity index is 338. The lowest BCUT2D eigenvalue weighted by Gasteiger charge is -2.07. The molecule has 1 aromatic rings. The molecule has 1 N–H and O–H groups in total. The summed E-state index contributed by atoms with van der Waals surface area (Å²) in [5, 5.41) is 2.63. The van der Waals surface area contributed by atoms with Crippen molar-refractivity contribution in [2.75, 3.05) is 6.61 Å². The molecular formula is C11H13NO2S. The molecular weight excluding hydrogens is 210 g/mol. The zero-order chi connectivity index (χ0) is 11.1. The van der Waals surface area contributed by atoms with Gasteiger partial charge in [-0.2, -0.15) is 0 Å². The van der Waals surface area contributed by atoms with Gasteiger partial charge in [-0.25, -0.2) is 0 Å². The van der Waals surface area contributed by atoms with Crippen LogP contribution in [-0.4, -0.2) is 17.7 Å². The summed E-state index contributed by atoms with van der Waals surface area (Å²) in [5.74, 6) is -0.239. The van der Waals surface area contributed by atoms with Crippen molar-refractivity contribution in [3.63, 3.8) is 0 Å². The number of nitrogens with one attached hydrogen (secondary N) is 1. The summed E-state index contributed by atoms with van der Waals surface area (Å²) in [4.78, 5) is 11.5. The largest absolute Gasteiger partial charge is 0.471 e. The highest BCUT2D eigenvalue weighted by Crippen LogP contribution is 1.98. The molecule has 0 heterocycles. The Kier molecular flexibility index (Phi) is 4.77. The predicted molar refractivity (Wildman–Crippen MR) is 62.7 cm³/mol. The number of ether oxygens (including phenoxy) is 1. The summed E-state index contributed by atoms with van der Waals surface area (Å²) in [6.07, 6.45) is 0.862.